The number of ketones is 3. The van der Waals surface area contributed by atoms with Crippen molar-refractivity contribution in [2.45, 2.75) is 92.0 Å². The summed E-state index contributed by atoms with van der Waals surface area (Å²) in [6.45, 7) is 15.3. The lowest BCUT2D eigenvalue weighted by molar-refractivity contribution is -0.146. The lowest BCUT2D eigenvalue weighted by Gasteiger charge is -2.45. The highest BCUT2D eigenvalue weighted by Gasteiger charge is 2.68. The molecule has 0 aromatic heterocycles. The first-order chi connectivity index (χ1) is 16.9. The van der Waals surface area contributed by atoms with Gasteiger partial charge in [0.05, 0.1) is 22.7 Å². The molecule has 0 radical (unpaired) electrons. The number of aliphatic hydroxyl groups is 1. The van der Waals surface area contributed by atoms with Crippen molar-refractivity contribution in [1.82, 2.24) is 0 Å². The maximum absolute atomic E-state index is 14.9. The lowest BCUT2D eigenvalue weighted by Crippen LogP contribution is -2.60. The average molecular weight is 504 g/mol. The summed E-state index contributed by atoms with van der Waals surface area (Å²) in [6, 6.07) is 3.85. The number of nitrogens with zero attached hydrogens (tertiary/aromatic N) is 1. The predicted octanol–water partition coefficient (Wildman–Crippen LogP) is 5.55. The molecular formula is C31H37NO5. The van der Waals surface area contributed by atoms with E-state index in [1.165, 1.54) is 0 Å². The number of carbonyl (C=O) groups is 4. The predicted molar refractivity (Wildman–Crippen MR) is 142 cm³/mol. The third-order valence-electron chi connectivity index (χ3n) is 8.64. The minimum absolute atomic E-state index is 0.0566. The molecule has 1 N–H and O–H groups in total. The number of hydrogen-bond donors (Lipinski definition) is 1. The first-order valence-electron chi connectivity index (χ1n) is 13.1. The smallest absolute Gasteiger partial charge is 0.244 e. The van der Waals surface area contributed by atoms with E-state index in [1.54, 1.807) is 4.90 Å². The Hall–Kier alpha value is -3.02. The highest BCUT2D eigenvalue weighted by atomic mass is 16.3. The Bertz CT molecular complexity index is 1350. The number of amides is 1. The third kappa shape index (κ3) is 3.44. The molecule has 1 fully saturated rings. The van der Waals surface area contributed by atoms with Gasteiger partial charge in [-0.1, -0.05) is 45.4 Å². The van der Waals surface area contributed by atoms with Crippen molar-refractivity contribution >= 4 is 34.5 Å². The van der Waals surface area contributed by atoms with Gasteiger partial charge in [0, 0.05) is 31.2 Å². The van der Waals surface area contributed by atoms with Gasteiger partial charge in [-0.2, -0.15) is 0 Å². The molecule has 37 heavy (non-hydrogen) atoms. The van der Waals surface area contributed by atoms with Gasteiger partial charge in [0.2, 0.25) is 5.91 Å². The van der Waals surface area contributed by atoms with Gasteiger partial charge >= 0.3 is 0 Å². The van der Waals surface area contributed by atoms with Crippen molar-refractivity contribution < 1.29 is 24.3 Å². The maximum Gasteiger partial charge on any atom is 0.244 e. The number of benzene rings is 1. The molecule has 1 amide bonds. The minimum atomic E-state index is -1.88. The zero-order valence-corrected chi connectivity index (χ0v) is 23.2. The van der Waals surface area contributed by atoms with E-state index < -0.39 is 33.6 Å². The molecule has 4 aliphatic rings. The molecule has 1 atom stereocenters. The van der Waals surface area contributed by atoms with E-state index in [0.29, 0.717) is 11.3 Å². The Kier molecular flexibility index (Phi) is 5.21. The molecule has 1 aromatic carbocycles. The van der Waals surface area contributed by atoms with Crippen molar-refractivity contribution in [2.24, 2.45) is 16.7 Å². The zero-order valence-electron chi connectivity index (χ0n) is 23.2. The average Bonchev–Trinajstić information content (AvgIpc) is 2.93. The van der Waals surface area contributed by atoms with Crippen molar-refractivity contribution in [2.75, 3.05) is 4.90 Å². The second-order valence-corrected chi connectivity index (χ2v) is 13.8. The van der Waals surface area contributed by atoms with Crippen molar-refractivity contribution in [3.63, 3.8) is 0 Å². The number of anilines is 1. The molecule has 2 aliphatic heterocycles. The van der Waals surface area contributed by atoms with E-state index in [0.717, 1.165) is 16.7 Å². The van der Waals surface area contributed by atoms with Crippen LogP contribution in [0, 0.1) is 23.7 Å². The van der Waals surface area contributed by atoms with Gasteiger partial charge in [0.15, 0.2) is 5.78 Å². The van der Waals surface area contributed by atoms with E-state index in [1.807, 2.05) is 73.6 Å². The number of aryl methyl sites for hydroxylation is 1. The van der Waals surface area contributed by atoms with Crippen LogP contribution in [-0.4, -0.2) is 33.9 Å². The van der Waals surface area contributed by atoms with Crippen molar-refractivity contribution in [3.8, 4) is 0 Å². The van der Waals surface area contributed by atoms with E-state index in [-0.39, 0.29) is 54.4 Å². The fourth-order valence-corrected chi connectivity index (χ4v) is 7.51. The third-order valence-corrected chi connectivity index (χ3v) is 8.64. The largest absolute Gasteiger partial charge is 0.512 e. The number of carbonyl (C=O) groups excluding carboxylic acids is 4. The van der Waals surface area contributed by atoms with E-state index >= 15 is 0 Å². The van der Waals surface area contributed by atoms with Gasteiger partial charge in [-0.3, -0.25) is 19.2 Å². The SMILES string of the molecule is CC1=CC(C)(C)N2C(=O)C(C3=C(O)CC(C)(C)CC3=O)(C3C(=O)CC(C)(C)CC3=O)c3cc(C)cc1c32. The number of rotatable bonds is 2. The van der Waals surface area contributed by atoms with Crippen LogP contribution in [0.3, 0.4) is 0 Å². The molecule has 2 heterocycles. The molecule has 0 spiro atoms. The Labute approximate surface area is 218 Å². The molecular weight excluding hydrogens is 466 g/mol. The Morgan fingerprint density at radius 3 is 1.97 bits per heavy atom. The number of hydrogen-bond acceptors (Lipinski definition) is 5. The van der Waals surface area contributed by atoms with Crippen LogP contribution in [0.15, 0.2) is 29.5 Å². The van der Waals surface area contributed by atoms with Crippen LogP contribution in [0.4, 0.5) is 5.69 Å². The monoisotopic (exact) mass is 503 g/mol. The quantitative estimate of drug-likeness (QED) is 0.534. The van der Waals surface area contributed by atoms with Crippen LogP contribution in [0.25, 0.3) is 5.57 Å². The van der Waals surface area contributed by atoms with E-state index in [4.69, 9.17) is 0 Å². The summed E-state index contributed by atoms with van der Waals surface area (Å²) in [5, 5.41) is 11.5. The Balaban J connectivity index is 1.93. The van der Waals surface area contributed by atoms with Gasteiger partial charge in [0.1, 0.15) is 22.7 Å². The summed E-state index contributed by atoms with van der Waals surface area (Å²) in [5.74, 6) is -3.06. The second-order valence-electron chi connectivity index (χ2n) is 13.8. The second kappa shape index (κ2) is 7.52. The van der Waals surface area contributed by atoms with Crippen LogP contribution in [0.1, 0.15) is 90.8 Å². The minimum Gasteiger partial charge on any atom is -0.512 e. The molecule has 2 aliphatic carbocycles. The molecule has 5 rings (SSSR count). The van der Waals surface area contributed by atoms with Crippen molar-refractivity contribution in [1.29, 1.82) is 0 Å². The van der Waals surface area contributed by atoms with E-state index in [9.17, 15) is 24.3 Å². The molecule has 1 unspecified atom stereocenters. The first kappa shape index (κ1) is 25.6. The Morgan fingerprint density at radius 2 is 1.41 bits per heavy atom. The van der Waals surface area contributed by atoms with Crippen LogP contribution < -0.4 is 4.90 Å². The zero-order chi connectivity index (χ0) is 27.5. The van der Waals surface area contributed by atoms with E-state index in [2.05, 4.69) is 0 Å². The van der Waals surface area contributed by atoms with Gasteiger partial charge in [-0.25, -0.2) is 0 Å². The highest BCUT2D eigenvalue weighted by molar-refractivity contribution is 6.25. The van der Waals surface area contributed by atoms with Gasteiger partial charge < -0.3 is 10.0 Å². The molecule has 1 aromatic rings. The fraction of sp³-hybridized carbons (Fsp3) is 0.548. The van der Waals surface area contributed by atoms with Crippen molar-refractivity contribution in [3.05, 3.63) is 46.2 Å². The molecule has 0 bridgehead atoms. The topological polar surface area (TPSA) is 91.8 Å². The van der Waals surface area contributed by atoms with Gasteiger partial charge in [0.25, 0.3) is 0 Å². The van der Waals surface area contributed by atoms with Gasteiger partial charge in [-0.05, 0) is 55.7 Å². The molecule has 1 saturated carbocycles. The van der Waals surface area contributed by atoms with Gasteiger partial charge in [-0.15, -0.1) is 0 Å². The first-order valence-corrected chi connectivity index (χ1v) is 13.1. The summed E-state index contributed by atoms with van der Waals surface area (Å²) in [6.07, 6.45) is 2.58. The summed E-state index contributed by atoms with van der Waals surface area (Å²) in [4.78, 5) is 58.4. The lowest BCUT2D eigenvalue weighted by atomic mass is 9.55. The summed E-state index contributed by atoms with van der Waals surface area (Å²) >= 11 is 0. The molecule has 0 saturated heterocycles. The fourth-order valence-electron chi connectivity index (χ4n) is 7.51. The molecule has 6 nitrogen and oxygen atoms in total. The van der Waals surface area contributed by atoms with Crippen LogP contribution in [0.2, 0.25) is 0 Å². The maximum atomic E-state index is 14.9. The normalized spacial score (nSPS) is 28.5. The summed E-state index contributed by atoms with van der Waals surface area (Å²) in [7, 11) is 0. The summed E-state index contributed by atoms with van der Waals surface area (Å²) < 4.78 is 0. The number of allylic oxidation sites excluding steroid dienone is 2. The number of Topliss-reactive ketones (excluding diaryl/α,β-unsaturated/α-hetero) is 3. The van der Waals surface area contributed by atoms with Crippen LogP contribution >= 0.6 is 0 Å². The Morgan fingerprint density at radius 1 is 0.838 bits per heavy atom. The van der Waals surface area contributed by atoms with Crippen LogP contribution in [-0.2, 0) is 24.6 Å². The standard InChI is InChI=1S/C31H37NO5/c1-16-9-18-17(2)11-30(7,8)32-26(18)19(10-16)31(27(32)37,24-20(33)12-28(3,4)13-21(24)34)25-22(35)14-29(5,6)15-23(25)36/h9-11,24,35H,12-15H2,1-8H3. The number of aliphatic hydroxyl groups excluding tert-OH is 1. The summed E-state index contributed by atoms with van der Waals surface area (Å²) in [5.41, 5.74) is 0.111. The van der Waals surface area contributed by atoms with Crippen LogP contribution in [0.5, 0.6) is 0 Å². The highest BCUT2D eigenvalue weighted by Crippen LogP contribution is 2.61. The molecule has 196 valence electrons. The molecule has 6 heteroatoms.